The summed E-state index contributed by atoms with van der Waals surface area (Å²) in [5, 5.41) is 8.84. The minimum Gasteiger partial charge on any atom is -0.478 e. The number of hydrogen-bond acceptors (Lipinski definition) is 1. The van der Waals surface area contributed by atoms with E-state index in [1.807, 2.05) is 19.9 Å². The molecule has 0 aromatic heterocycles. The van der Waals surface area contributed by atoms with Gasteiger partial charge in [-0.15, -0.1) is 0 Å². The minimum absolute atomic E-state index is 0.356. The molecule has 1 aromatic carbocycles. The molecule has 0 unspecified atom stereocenters. The molecule has 12 heavy (non-hydrogen) atoms. The molecule has 0 saturated carbocycles. The van der Waals surface area contributed by atoms with E-state index in [2.05, 4.69) is 15.9 Å². The standard InChI is InChI=1S/C9H9BrO2/c1-5-3-4-7(10)8(6(5)2)9(11)12/h3-4H,1-2H3,(H,11,12). The van der Waals surface area contributed by atoms with Crippen LogP contribution in [0, 0.1) is 13.8 Å². The van der Waals surface area contributed by atoms with Gasteiger partial charge in [-0.25, -0.2) is 4.79 Å². The van der Waals surface area contributed by atoms with Gasteiger partial charge in [0.15, 0.2) is 0 Å². The van der Waals surface area contributed by atoms with Gasteiger partial charge in [-0.3, -0.25) is 0 Å². The third-order valence-electron chi connectivity index (χ3n) is 1.90. The van der Waals surface area contributed by atoms with Crippen LogP contribution in [0.1, 0.15) is 21.5 Å². The van der Waals surface area contributed by atoms with Crippen molar-refractivity contribution in [3.05, 3.63) is 33.3 Å². The van der Waals surface area contributed by atoms with E-state index < -0.39 is 5.97 Å². The number of carbonyl (C=O) groups is 1. The summed E-state index contributed by atoms with van der Waals surface area (Å²) in [6, 6.07) is 3.65. The average Bonchev–Trinajstić information content (AvgIpc) is 1.97. The zero-order valence-corrected chi connectivity index (χ0v) is 8.47. The lowest BCUT2D eigenvalue weighted by Gasteiger charge is -2.05. The molecule has 64 valence electrons. The van der Waals surface area contributed by atoms with Crippen LogP contribution < -0.4 is 0 Å². The van der Waals surface area contributed by atoms with Crippen LogP contribution in [0.25, 0.3) is 0 Å². The van der Waals surface area contributed by atoms with Crippen molar-refractivity contribution < 1.29 is 9.90 Å². The molecular weight excluding hydrogens is 220 g/mol. The third-order valence-corrected chi connectivity index (χ3v) is 2.56. The molecule has 0 bridgehead atoms. The van der Waals surface area contributed by atoms with E-state index in [0.717, 1.165) is 11.1 Å². The fourth-order valence-electron chi connectivity index (χ4n) is 1.05. The van der Waals surface area contributed by atoms with E-state index in [0.29, 0.717) is 10.0 Å². The van der Waals surface area contributed by atoms with Crippen molar-refractivity contribution >= 4 is 21.9 Å². The van der Waals surface area contributed by atoms with Gasteiger partial charge in [0.1, 0.15) is 0 Å². The Morgan fingerprint density at radius 3 is 2.42 bits per heavy atom. The molecule has 1 N–H and O–H groups in total. The second-order valence-corrected chi connectivity index (χ2v) is 3.52. The highest BCUT2D eigenvalue weighted by atomic mass is 79.9. The molecule has 0 amide bonds. The molecule has 0 aliphatic rings. The molecule has 0 aliphatic carbocycles. The van der Waals surface area contributed by atoms with E-state index in [9.17, 15) is 4.79 Å². The van der Waals surface area contributed by atoms with Crippen molar-refractivity contribution in [1.82, 2.24) is 0 Å². The van der Waals surface area contributed by atoms with E-state index >= 15 is 0 Å². The van der Waals surface area contributed by atoms with E-state index in [1.54, 1.807) is 6.07 Å². The van der Waals surface area contributed by atoms with Gasteiger partial charge in [-0.05, 0) is 47.0 Å². The number of carboxylic acid groups (broad SMARTS) is 1. The van der Waals surface area contributed by atoms with Crippen LogP contribution in [0.15, 0.2) is 16.6 Å². The summed E-state index contributed by atoms with van der Waals surface area (Å²) >= 11 is 3.20. The molecule has 0 spiro atoms. The molecule has 0 atom stereocenters. The molecule has 1 aromatic rings. The predicted molar refractivity (Wildman–Crippen MR) is 50.6 cm³/mol. The lowest BCUT2D eigenvalue weighted by molar-refractivity contribution is 0.0695. The van der Waals surface area contributed by atoms with E-state index in [-0.39, 0.29) is 0 Å². The fourth-order valence-corrected chi connectivity index (χ4v) is 1.64. The van der Waals surface area contributed by atoms with Gasteiger partial charge in [0.25, 0.3) is 0 Å². The molecular formula is C9H9BrO2. The van der Waals surface area contributed by atoms with Crippen LogP contribution in [0.2, 0.25) is 0 Å². The highest BCUT2D eigenvalue weighted by Crippen LogP contribution is 2.22. The second-order valence-electron chi connectivity index (χ2n) is 2.67. The maximum atomic E-state index is 10.8. The average molecular weight is 229 g/mol. The first kappa shape index (κ1) is 9.26. The molecule has 0 fully saturated rings. The van der Waals surface area contributed by atoms with Crippen LogP contribution in [-0.4, -0.2) is 11.1 Å². The number of hydrogen-bond donors (Lipinski definition) is 1. The van der Waals surface area contributed by atoms with Crippen LogP contribution in [0.4, 0.5) is 0 Å². The fraction of sp³-hybridized carbons (Fsp3) is 0.222. The minimum atomic E-state index is -0.886. The second kappa shape index (κ2) is 3.27. The van der Waals surface area contributed by atoms with Crippen molar-refractivity contribution in [2.45, 2.75) is 13.8 Å². The topological polar surface area (TPSA) is 37.3 Å². The molecule has 0 radical (unpaired) electrons. The highest BCUT2D eigenvalue weighted by Gasteiger charge is 2.12. The first-order valence-electron chi connectivity index (χ1n) is 3.53. The Balaban J connectivity index is 3.43. The molecule has 3 heteroatoms. The molecule has 0 saturated heterocycles. The Kier molecular flexibility index (Phi) is 2.52. The number of halogens is 1. The predicted octanol–water partition coefficient (Wildman–Crippen LogP) is 2.76. The zero-order chi connectivity index (χ0) is 9.30. The van der Waals surface area contributed by atoms with Crippen molar-refractivity contribution in [3.63, 3.8) is 0 Å². The molecule has 1 rings (SSSR count). The summed E-state index contributed by atoms with van der Waals surface area (Å²) in [4.78, 5) is 10.8. The summed E-state index contributed by atoms with van der Waals surface area (Å²) in [6.07, 6.45) is 0. The van der Waals surface area contributed by atoms with E-state index in [1.165, 1.54) is 0 Å². The van der Waals surface area contributed by atoms with Gasteiger partial charge in [0.2, 0.25) is 0 Å². The first-order chi connectivity index (χ1) is 5.54. The molecule has 0 aliphatic heterocycles. The summed E-state index contributed by atoms with van der Waals surface area (Å²) in [5.74, 6) is -0.886. The van der Waals surface area contributed by atoms with Crippen molar-refractivity contribution in [1.29, 1.82) is 0 Å². The largest absolute Gasteiger partial charge is 0.478 e. The quantitative estimate of drug-likeness (QED) is 0.803. The Hall–Kier alpha value is -0.830. The third kappa shape index (κ3) is 1.50. The van der Waals surface area contributed by atoms with Crippen LogP contribution in [0.3, 0.4) is 0 Å². The van der Waals surface area contributed by atoms with Gasteiger partial charge < -0.3 is 5.11 Å². The normalized spacial score (nSPS) is 9.92. The summed E-state index contributed by atoms with van der Waals surface area (Å²) < 4.78 is 0.637. The van der Waals surface area contributed by atoms with Gasteiger partial charge in [-0.1, -0.05) is 6.07 Å². The summed E-state index contributed by atoms with van der Waals surface area (Å²) in [5.41, 5.74) is 2.17. The Morgan fingerprint density at radius 2 is 2.00 bits per heavy atom. The molecule has 2 nitrogen and oxygen atoms in total. The number of rotatable bonds is 1. The van der Waals surface area contributed by atoms with Gasteiger partial charge >= 0.3 is 5.97 Å². The lowest BCUT2D eigenvalue weighted by Crippen LogP contribution is -2.02. The van der Waals surface area contributed by atoms with Crippen molar-refractivity contribution in [2.75, 3.05) is 0 Å². The lowest BCUT2D eigenvalue weighted by atomic mass is 10.0. The van der Waals surface area contributed by atoms with Gasteiger partial charge in [0, 0.05) is 4.47 Å². The number of carboxylic acids is 1. The smallest absolute Gasteiger partial charge is 0.337 e. The monoisotopic (exact) mass is 228 g/mol. The number of aromatic carboxylic acids is 1. The van der Waals surface area contributed by atoms with E-state index in [4.69, 9.17) is 5.11 Å². The summed E-state index contributed by atoms with van der Waals surface area (Å²) in [6.45, 7) is 3.71. The SMILES string of the molecule is Cc1ccc(Br)c(C(=O)O)c1C. The Labute approximate surface area is 79.3 Å². The Morgan fingerprint density at radius 1 is 1.42 bits per heavy atom. The van der Waals surface area contributed by atoms with Gasteiger partial charge in [0.05, 0.1) is 5.56 Å². The maximum Gasteiger partial charge on any atom is 0.337 e. The van der Waals surface area contributed by atoms with Crippen LogP contribution in [0.5, 0.6) is 0 Å². The summed E-state index contributed by atoms with van der Waals surface area (Å²) in [7, 11) is 0. The highest BCUT2D eigenvalue weighted by molar-refractivity contribution is 9.10. The van der Waals surface area contributed by atoms with Gasteiger partial charge in [-0.2, -0.15) is 0 Å². The maximum absolute atomic E-state index is 10.8. The van der Waals surface area contributed by atoms with Crippen molar-refractivity contribution in [2.24, 2.45) is 0 Å². The zero-order valence-electron chi connectivity index (χ0n) is 6.89. The number of aryl methyl sites for hydroxylation is 1. The number of benzene rings is 1. The van der Waals surface area contributed by atoms with Crippen LogP contribution >= 0.6 is 15.9 Å². The van der Waals surface area contributed by atoms with Crippen molar-refractivity contribution in [3.8, 4) is 0 Å². The molecule has 0 heterocycles. The van der Waals surface area contributed by atoms with Crippen LogP contribution in [-0.2, 0) is 0 Å². The first-order valence-corrected chi connectivity index (χ1v) is 4.32. The Bertz CT molecular complexity index is 332.